The third-order valence-corrected chi connectivity index (χ3v) is 5.34. The van der Waals surface area contributed by atoms with E-state index in [4.69, 9.17) is 5.26 Å². The number of hydrogen-bond acceptors (Lipinski definition) is 2. The fraction of sp³-hybridized carbons (Fsp3) is 0.867. The molecule has 2 nitrogen and oxygen atoms in total. The van der Waals surface area contributed by atoms with Gasteiger partial charge in [0.05, 0.1) is 12.0 Å². The molecule has 1 unspecified atom stereocenters. The highest BCUT2D eigenvalue weighted by atomic mass is 16.1. The van der Waals surface area contributed by atoms with Gasteiger partial charge in [0.1, 0.15) is 5.78 Å². The quantitative estimate of drug-likeness (QED) is 0.747. The van der Waals surface area contributed by atoms with Crippen LogP contribution in [0.15, 0.2) is 0 Å². The molecule has 4 aliphatic rings. The van der Waals surface area contributed by atoms with E-state index >= 15 is 0 Å². The molecule has 0 saturated heterocycles. The molecule has 0 N–H and O–H groups in total. The first-order chi connectivity index (χ1) is 8.11. The topological polar surface area (TPSA) is 40.9 Å². The monoisotopic (exact) mass is 231 g/mol. The number of ketones is 1. The Balaban J connectivity index is 1.78. The molecule has 0 amide bonds. The minimum absolute atomic E-state index is 0.000139. The molecule has 1 atom stereocenters. The van der Waals surface area contributed by atoms with Crippen LogP contribution in [0.5, 0.6) is 0 Å². The zero-order chi connectivity index (χ0) is 12.0. The maximum Gasteiger partial charge on any atom is 0.140 e. The lowest BCUT2D eigenvalue weighted by Gasteiger charge is -2.56. The number of nitrogens with zero attached hydrogens (tertiary/aromatic N) is 1. The number of Topliss-reactive ketones (excluding diaryl/α,β-unsaturated/α-hetero) is 1. The van der Waals surface area contributed by atoms with Crippen LogP contribution in [0.3, 0.4) is 0 Å². The molecule has 4 bridgehead atoms. The highest BCUT2D eigenvalue weighted by Gasteiger charge is 2.54. The van der Waals surface area contributed by atoms with E-state index in [0.29, 0.717) is 12.2 Å². The Labute approximate surface area is 103 Å². The van der Waals surface area contributed by atoms with E-state index in [-0.39, 0.29) is 11.3 Å². The van der Waals surface area contributed by atoms with Crippen molar-refractivity contribution in [3.8, 4) is 6.07 Å². The minimum atomic E-state index is -0.101. The van der Waals surface area contributed by atoms with Crippen molar-refractivity contribution in [3.63, 3.8) is 0 Å². The van der Waals surface area contributed by atoms with Gasteiger partial charge in [0.15, 0.2) is 0 Å². The average Bonchev–Trinajstić information content (AvgIpc) is 2.26. The summed E-state index contributed by atoms with van der Waals surface area (Å²) in [6.07, 6.45) is 8.02. The van der Waals surface area contributed by atoms with Crippen molar-refractivity contribution >= 4 is 5.78 Å². The predicted octanol–water partition coefficient (Wildman–Crippen LogP) is 3.32. The van der Waals surface area contributed by atoms with Crippen LogP contribution in [0.2, 0.25) is 0 Å². The number of carbonyl (C=O) groups excluding carboxylic acids is 1. The third kappa shape index (κ3) is 1.80. The lowest BCUT2D eigenvalue weighted by Crippen LogP contribution is -2.50. The van der Waals surface area contributed by atoms with E-state index in [0.717, 1.165) is 37.0 Å². The van der Waals surface area contributed by atoms with E-state index in [1.807, 2.05) is 6.92 Å². The van der Waals surface area contributed by atoms with Crippen LogP contribution in [-0.4, -0.2) is 5.78 Å². The lowest BCUT2D eigenvalue weighted by molar-refractivity contribution is -0.144. The Hall–Kier alpha value is -0.840. The molecule has 4 aliphatic carbocycles. The number of nitriles is 1. The summed E-state index contributed by atoms with van der Waals surface area (Å²) in [6, 6.07) is 2.21. The van der Waals surface area contributed by atoms with Gasteiger partial charge in [0.25, 0.3) is 0 Å². The second kappa shape index (κ2) is 3.83. The van der Waals surface area contributed by atoms with Gasteiger partial charge in [-0.05, 0) is 63.2 Å². The molecular weight excluding hydrogens is 210 g/mol. The zero-order valence-corrected chi connectivity index (χ0v) is 10.6. The molecule has 0 heterocycles. The van der Waals surface area contributed by atoms with E-state index < -0.39 is 0 Å². The molecule has 17 heavy (non-hydrogen) atoms. The van der Waals surface area contributed by atoms with Gasteiger partial charge in [-0.3, -0.25) is 4.79 Å². The first kappa shape index (κ1) is 11.3. The standard InChI is InChI=1S/C15H21NO/c1-10(9-16)2-14(17)15-6-11-3-12(7-15)5-13(4-11)8-15/h10-13H,2-8H2,1H3. The zero-order valence-electron chi connectivity index (χ0n) is 10.6. The van der Waals surface area contributed by atoms with E-state index in [9.17, 15) is 4.79 Å². The third-order valence-electron chi connectivity index (χ3n) is 5.34. The van der Waals surface area contributed by atoms with E-state index in [1.54, 1.807) is 0 Å². The van der Waals surface area contributed by atoms with Gasteiger partial charge in [0, 0.05) is 11.8 Å². The molecule has 0 aromatic heterocycles. The van der Waals surface area contributed by atoms with Crippen molar-refractivity contribution in [2.75, 3.05) is 0 Å². The van der Waals surface area contributed by atoms with E-state index in [1.165, 1.54) is 19.3 Å². The molecule has 2 heteroatoms. The second-order valence-electron chi connectivity index (χ2n) is 6.86. The van der Waals surface area contributed by atoms with Crippen LogP contribution in [0.4, 0.5) is 0 Å². The van der Waals surface area contributed by atoms with Crippen molar-refractivity contribution in [2.45, 2.75) is 51.9 Å². The Bertz CT molecular complexity index is 344. The molecule has 0 radical (unpaired) electrons. The SMILES string of the molecule is CC(C#N)CC(=O)C12CC3CC(CC(C3)C1)C2. The maximum absolute atomic E-state index is 12.5. The van der Waals surface area contributed by atoms with Crippen molar-refractivity contribution in [1.82, 2.24) is 0 Å². The molecule has 0 aromatic carbocycles. The summed E-state index contributed by atoms with van der Waals surface area (Å²) in [5.74, 6) is 2.77. The van der Waals surface area contributed by atoms with Crippen LogP contribution in [0, 0.1) is 40.4 Å². The number of rotatable bonds is 3. The van der Waals surface area contributed by atoms with Crippen molar-refractivity contribution in [3.05, 3.63) is 0 Å². The smallest absolute Gasteiger partial charge is 0.140 e. The van der Waals surface area contributed by atoms with E-state index in [2.05, 4.69) is 6.07 Å². The summed E-state index contributed by atoms with van der Waals surface area (Å²) in [6.45, 7) is 1.87. The fourth-order valence-corrected chi connectivity index (χ4v) is 4.99. The van der Waals surface area contributed by atoms with Gasteiger partial charge in [-0.15, -0.1) is 0 Å². The summed E-state index contributed by atoms with van der Waals surface area (Å²) in [5, 5.41) is 8.86. The van der Waals surface area contributed by atoms with Gasteiger partial charge in [-0.2, -0.15) is 5.26 Å². The summed E-state index contributed by atoms with van der Waals surface area (Å²) in [5.41, 5.74) is -0.000139. The highest BCUT2D eigenvalue weighted by molar-refractivity contribution is 5.85. The molecular formula is C15H21NO. The van der Waals surface area contributed by atoms with Crippen molar-refractivity contribution in [1.29, 1.82) is 5.26 Å². The first-order valence-corrected chi connectivity index (χ1v) is 7.04. The van der Waals surface area contributed by atoms with Crippen LogP contribution in [-0.2, 0) is 4.79 Å². The number of carbonyl (C=O) groups is 1. The van der Waals surface area contributed by atoms with Crippen LogP contribution < -0.4 is 0 Å². The molecule has 0 aromatic rings. The summed E-state index contributed by atoms with van der Waals surface area (Å²) in [4.78, 5) is 12.5. The van der Waals surface area contributed by atoms with Gasteiger partial charge in [-0.25, -0.2) is 0 Å². The Kier molecular flexibility index (Phi) is 2.54. The summed E-state index contributed by atoms with van der Waals surface area (Å²) in [7, 11) is 0. The largest absolute Gasteiger partial charge is 0.299 e. The number of hydrogen-bond donors (Lipinski definition) is 0. The lowest BCUT2D eigenvalue weighted by atomic mass is 9.48. The highest BCUT2D eigenvalue weighted by Crippen LogP contribution is 2.60. The van der Waals surface area contributed by atoms with Crippen molar-refractivity contribution in [2.24, 2.45) is 29.1 Å². The first-order valence-electron chi connectivity index (χ1n) is 7.04. The second-order valence-corrected chi connectivity index (χ2v) is 6.86. The Morgan fingerprint density at radius 1 is 1.24 bits per heavy atom. The Morgan fingerprint density at radius 3 is 2.12 bits per heavy atom. The predicted molar refractivity (Wildman–Crippen MR) is 65.0 cm³/mol. The molecule has 4 rings (SSSR count). The minimum Gasteiger partial charge on any atom is -0.299 e. The molecule has 4 fully saturated rings. The van der Waals surface area contributed by atoms with Gasteiger partial charge in [0.2, 0.25) is 0 Å². The summed E-state index contributed by atoms with van der Waals surface area (Å²) >= 11 is 0. The molecule has 4 saturated carbocycles. The average molecular weight is 231 g/mol. The van der Waals surface area contributed by atoms with Gasteiger partial charge >= 0.3 is 0 Å². The van der Waals surface area contributed by atoms with Crippen LogP contribution in [0.1, 0.15) is 51.9 Å². The summed E-state index contributed by atoms with van der Waals surface area (Å²) < 4.78 is 0. The maximum atomic E-state index is 12.5. The fourth-order valence-electron chi connectivity index (χ4n) is 4.99. The molecule has 92 valence electrons. The molecule has 0 aliphatic heterocycles. The van der Waals surface area contributed by atoms with Gasteiger partial charge < -0.3 is 0 Å². The van der Waals surface area contributed by atoms with Gasteiger partial charge in [-0.1, -0.05) is 0 Å². The van der Waals surface area contributed by atoms with Crippen LogP contribution in [0.25, 0.3) is 0 Å². The normalized spacial score (nSPS) is 44.4. The van der Waals surface area contributed by atoms with Crippen molar-refractivity contribution < 1.29 is 4.79 Å². The molecule has 0 spiro atoms. The Morgan fingerprint density at radius 2 is 1.71 bits per heavy atom. The van der Waals surface area contributed by atoms with Crippen LogP contribution >= 0.6 is 0 Å².